The number of aliphatic carboxylic acids is 1. The molecule has 0 aliphatic heterocycles. The molecule has 1 aromatic heterocycles. The van der Waals surface area contributed by atoms with Gasteiger partial charge in [-0.1, -0.05) is 50.6 Å². The van der Waals surface area contributed by atoms with E-state index < -0.39 is 5.97 Å². The molecule has 37 heavy (non-hydrogen) atoms. The first kappa shape index (κ1) is 25.8. The summed E-state index contributed by atoms with van der Waals surface area (Å²) in [5.74, 6) is 0.393. The average molecular weight is 498 g/mol. The molecule has 7 heteroatoms. The van der Waals surface area contributed by atoms with Crippen molar-refractivity contribution in [3.8, 4) is 22.9 Å². The highest BCUT2D eigenvalue weighted by Crippen LogP contribution is 2.31. The van der Waals surface area contributed by atoms with Gasteiger partial charge in [0.25, 0.3) is 0 Å². The summed E-state index contributed by atoms with van der Waals surface area (Å²) in [6.07, 6.45) is 1.57. The molecular weight excluding hydrogens is 466 g/mol. The van der Waals surface area contributed by atoms with Crippen LogP contribution in [0.1, 0.15) is 61.5 Å². The van der Waals surface area contributed by atoms with Gasteiger partial charge in [0.2, 0.25) is 11.8 Å². The Morgan fingerprint density at radius 1 is 0.865 bits per heavy atom. The molecule has 0 amide bonds. The number of benzene rings is 3. The van der Waals surface area contributed by atoms with Crippen molar-refractivity contribution >= 4 is 17.4 Å². The fourth-order valence-corrected chi connectivity index (χ4v) is 4.14. The molecule has 0 saturated heterocycles. The lowest BCUT2D eigenvalue weighted by Crippen LogP contribution is -2.18. The van der Waals surface area contributed by atoms with E-state index in [0.29, 0.717) is 29.7 Å². The first-order valence-electron chi connectivity index (χ1n) is 12.6. The van der Waals surface area contributed by atoms with Gasteiger partial charge in [0.05, 0.1) is 6.04 Å². The van der Waals surface area contributed by atoms with Crippen molar-refractivity contribution in [3.05, 3.63) is 90.0 Å². The molecule has 0 spiro atoms. The highest BCUT2D eigenvalue weighted by atomic mass is 16.4. The summed E-state index contributed by atoms with van der Waals surface area (Å²) >= 11 is 0. The Hall–Kier alpha value is -4.26. The monoisotopic (exact) mass is 497 g/mol. The largest absolute Gasteiger partial charge is 0.481 e. The van der Waals surface area contributed by atoms with Crippen LogP contribution in [0.25, 0.3) is 22.9 Å². The Bertz CT molecular complexity index is 1320. The third-order valence-corrected chi connectivity index (χ3v) is 6.50. The van der Waals surface area contributed by atoms with E-state index in [4.69, 9.17) is 9.52 Å². The number of carboxylic acid groups (broad SMARTS) is 1. The zero-order chi connectivity index (χ0) is 26.2. The van der Waals surface area contributed by atoms with Crippen molar-refractivity contribution in [2.24, 2.45) is 5.92 Å². The van der Waals surface area contributed by atoms with E-state index in [9.17, 15) is 9.59 Å². The molecule has 0 fully saturated rings. The quantitative estimate of drug-likeness (QED) is 0.202. The Morgan fingerprint density at radius 2 is 1.49 bits per heavy atom. The second kappa shape index (κ2) is 12.1. The van der Waals surface area contributed by atoms with Gasteiger partial charge in [-0.15, -0.1) is 10.2 Å². The van der Waals surface area contributed by atoms with Crippen LogP contribution in [0.3, 0.4) is 0 Å². The number of carbonyl (C=O) groups excluding carboxylic acids is 1. The summed E-state index contributed by atoms with van der Waals surface area (Å²) in [4.78, 5) is 23.0. The first-order valence-corrected chi connectivity index (χ1v) is 12.6. The molecule has 2 N–H and O–H groups in total. The molecule has 0 aliphatic carbocycles. The number of Topliss-reactive ketones (excluding diaryl/α,β-unsaturated/α-hetero) is 1. The Labute approximate surface area is 216 Å². The number of carboxylic acids is 1. The number of aromatic nitrogens is 2. The zero-order valence-corrected chi connectivity index (χ0v) is 21.1. The summed E-state index contributed by atoms with van der Waals surface area (Å²) in [6, 6.07) is 25.3. The van der Waals surface area contributed by atoms with Gasteiger partial charge in [0.15, 0.2) is 5.78 Å². The molecule has 7 nitrogen and oxygen atoms in total. The fourth-order valence-electron chi connectivity index (χ4n) is 4.14. The van der Waals surface area contributed by atoms with Gasteiger partial charge in [-0.25, -0.2) is 0 Å². The fraction of sp³-hybridized carbons (Fsp3) is 0.267. The Kier molecular flexibility index (Phi) is 8.46. The van der Waals surface area contributed by atoms with Gasteiger partial charge >= 0.3 is 5.97 Å². The minimum atomic E-state index is -0.884. The van der Waals surface area contributed by atoms with E-state index in [1.54, 1.807) is 12.1 Å². The lowest BCUT2D eigenvalue weighted by molar-refractivity contribution is -0.137. The molecule has 0 saturated carbocycles. The molecule has 4 rings (SSSR count). The maximum Gasteiger partial charge on any atom is 0.303 e. The number of anilines is 1. The average Bonchev–Trinajstić information content (AvgIpc) is 3.42. The molecule has 2 atom stereocenters. The predicted molar refractivity (Wildman–Crippen MR) is 143 cm³/mol. The van der Waals surface area contributed by atoms with Gasteiger partial charge in [-0.3, -0.25) is 9.59 Å². The topological polar surface area (TPSA) is 105 Å². The highest BCUT2D eigenvalue weighted by Gasteiger charge is 2.19. The Balaban J connectivity index is 1.45. The highest BCUT2D eigenvalue weighted by molar-refractivity contribution is 5.96. The number of ketones is 1. The number of rotatable bonds is 12. The number of carbonyl (C=O) groups is 2. The van der Waals surface area contributed by atoms with Gasteiger partial charge in [-0.05, 0) is 66.4 Å². The van der Waals surface area contributed by atoms with Crippen molar-refractivity contribution in [1.29, 1.82) is 0 Å². The SMILES string of the molecule is CCC(C)[C@H](Nc1ccc(C(=O)CCCC(=O)O)cc1)c1ccc(-c2nnc(-c3ccccc3)o2)cc1. The third kappa shape index (κ3) is 6.70. The smallest absolute Gasteiger partial charge is 0.303 e. The summed E-state index contributed by atoms with van der Waals surface area (Å²) in [6.45, 7) is 4.37. The predicted octanol–water partition coefficient (Wildman–Crippen LogP) is 7.04. The standard InChI is InChI=1S/C30H31N3O4/c1-3-20(2)28(31-25-18-16-21(17-19-25)26(34)10-7-11-27(35)36)22-12-14-24(15-13-22)30-33-32-29(37-30)23-8-5-4-6-9-23/h4-6,8-9,12-20,28,31H,3,7,10-11H2,1-2H3,(H,35,36)/t20?,28-/m0/s1. The van der Waals surface area contributed by atoms with E-state index in [2.05, 4.69) is 41.5 Å². The second-order valence-corrected chi connectivity index (χ2v) is 9.16. The van der Waals surface area contributed by atoms with Crippen molar-refractivity contribution < 1.29 is 19.1 Å². The van der Waals surface area contributed by atoms with E-state index in [1.807, 2.05) is 54.6 Å². The number of hydrogen-bond donors (Lipinski definition) is 2. The maximum absolute atomic E-state index is 12.3. The normalized spacial score (nSPS) is 12.6. The van der Waals surface area contributed by atoms with Crippen LogP contribution in [0.4, 0.5) is 5.69 Å². The van der Waals surface area contributed by atoms with E-state index in [0.717, 1.165) is 28.8 Å². The molecule has 0 bridgehead atoms. The molecule has 4 aromatic rings. The molecule has 190 valence electrons. The maximum atomic E-state index is 12.3. The first-order chi connectivity index (χ1) is 17.9. The number of hydrogen-bond acceptors (Lipinski definition) is 6. The van der Waals surface area contributed by atoms with Gasteiger partial charge in [-0.2, -0.15) is 0 Å². The second-order valence-electron chi connectivity index (χ2n) is 9.16. The molecule has 1 unspecified atom stereocenters. The van der Waals surface area contributed by atoms with Crippen molar-refractivity contribution in [2.75, 3.05) is 5.32 Å². The number of nitrogens with one attached hydrogen (secondary N) is 1. The van der Waals surface area contributed by atoms with Crippen LogP contribution < -0.4 is 5.32 Å². The summed E-state index contributed by atoms with van der Waals surface area (Å²) in [5, 5.41) is 20.8. The van der Waals surface area contributed by atoms with Gasteiger partial charge in [0.1, 0.15) is 0 Å². The van der Waals surface area contributed by atoms with Gasteiger partial charge < -0.3 is 14.8 Å². The molecule has 3 aromatic carbocycles. The Morgan fingerprint density at radius 3 is 2.08 bits per heavy atom. The van der Waals surface area contributed by atoms with Crippen LogP contribution in [0, 0.1) is 5.92 Å². The summed E-state index contributed by atoms with van der Waals surface area (Å²) in [5.41, 5.74) is 4.38. The van der Waals surface area contributed by atoms with Gasteiger partial charge in [0, 0.05) is 35.2 Å². The molecule has 1 heterocycles. The van der Waals surface area contributed by atoms with Crippen LogP contribution in [0.5, 0.6) is 0 Å². The van der Waals surface area contributed by atoms with Crippen LogP contribution in [-0.4, -0.2) is 27.1 Å². The molecular formula is C30H31N3O4. The van der Waals surface area contributed by atoms with Crippen LogP contribution >= 0.6 is 0 Å². The molecule has 0 radical (unpaired) electrons. The zero-order valence-electron chi connectivity index (χ0n) is 21.1. The third-order valence-electron chi connectivity index (χ3n) is 6.50. The van der Waals surface area contributed by atoms with E-state index >= 15 is 0 Å². The summed E-state index contributed by atoms with van der Waals surface area (Å²) in [7, 11) is 0. The van der Waals surface area contributed by atoms with Crippen molar-refractivity contribution in [2.45, 2.75) is 45.6 Å². The van der Waals surface area contributed by atoms with Crippen molar-refractivity contribution in [3.63, 3.8) is 0 Å². The molecule has 0 aliphatic rings. The van der Waals surface area contributed by atoms with Crippen LogP contribution in [0.15, 0.2) is 83.3 Å². The minimum absolute atomic E-state index is 0.00143. The minimum Gasteiger partial charge on any atom is -0.481 e. The lowest BCUT2D eigenvalue weighted by Gasteiger charge is -2.26. The van der Waals surface area contributed by atoms with Crippen molar-refractivity contribution in [1.82, 2.24) is 10.2 Å². The number of nitrogens with zero attached hydrogens (tertiary/aromatic N) is 2. The van der Waals surface area contributed by atoms with Crippen LogP contribution in [-0.2, 0) is 4.79 Å². The lowest BCUT2D eigenvalue weighted by atomic mass is 9.91. The summed E-state index contributed by atoms with van der Waals surface area (Å²) < 4.78 is 5.89. The van der Waals surface area contributed by atoms with E-state index in [1.165, 1.54) is 0 Å². The van der Waals surface area contributed by atoms with Crippen LogP contribution in [0.2, 0.25) is 0 Å². The van der Waals surface area contributed by atoms with E-state index in [-0.39, 0.29) is 24.7 Å².